The molecule has 1 aromatic rings. The summed E-state index contributed by atoms with van der Waals surface area (Å²) in [6.45, 7) is 10.5. The van der Waals surface area contributed by atoms with E-state index in [1.165, 1.54) is 6.92 Å². The SMILES string of the molecule is CC(=O)Oc1cc(C)cc(C)c1C(C)(C)C(C)C(=O)O. The molecule has 1 aromatic carbocycles. The van der Waals surface area contributed by atoms with Gasteiger partial charge in [0.2, 0.25) is 0 Å². The molecule has 0 bridgehead atoms. The number of aryl methyl sites for hydroxylation is 2. The number of carboxylic acids is 1. The Balaban J connectivity index is 3.49. The van der Waals surface area contributed by atoms with Crippen molar-refractivity contribution in [3.05, 3.63) is 28.8 Å². The standard InChI is InChI=1S/C16H22O4/c1-9-7-10(2)14(13(8-9)20-12(4)17)16(5,6)11(3)15(18)19/h7-8,11H,1-6H3,(H,18,19). The molecule has 4 heteroatoms. The average molecular weight is 278 g/mol. The molecule has 0 saturated heterocycles. The highest BCUT2D eigenvalue weighted by molar-refractivity contribution is 5.74. The Hall–Kier alpha value is -1.84. The predicted octanol–water partition coefficient (Wildman–Crippen LogP) is 3.23. The number of hydrogen-bond donors (Lipinski definition) is 1. The van der Waals surface area contributed by atoms with E-state index in [1.54, 1.807) is 13.0 Å². The third kappa shape index (κ3) is 3.18. The maximum atomic E-state index is 11.3. The summed E-state index contributed by atoms with van der Waals surface area (Å²) >= 11 is 0. The molecule has 4 nitrogen and oxygen atoms in total. The third-order valence-corrected chi connectivity index (χ3v) is 3.79. The fourth-order valence-electron chi connectivity index (χ4n) is 2.51. The molecule has 110 valence electrons. The van der Waals surface area contributed by atoms with E-state index in [9.17, 15) is 14.7 Å². The second-order valence-electron chi connectivity index (χ2n) is 5.83. The summed E-state index contributed by atoms with van der Waals surface area (Å²) in [7, 11) is 0. The van der Waals surface area contributed by atoms with Gasteiger partial charge in [-0.05, 0) is 31.0 Å². The number of rotatable bonds is 4. The smallest absolute Gasteiger partial charge is 0.308 e. The number of carboxylic acid groups (broad SMARTS) is 1. The molecule has 0 radical (unpaired) electrons. The van der Waals surface area contributed by atoms with Crippen molar-refractivity contribution in [1.82, 2.24) is 0 Å². The van der Waals surface area contributed by atoms with E-state index < -0.39 is 23.3 Å². The molecule has 1 N–H and O–H groups in total. The molecule has 0 heterocycles. The maximum absolute atomic E-state index is 11.3. The van der Waals surface area contributed by atoms with E-state index in [0.717, 1.165) is 16.7 Å². The molecule has 0 fully saturated rings. The monoisotopic (exact) mass is 278 g/mol. The van der Waals surface area contributed by atoms with Gasteiger partial charge < -0.3 is 9.84 Å². The van der Waals surface area contributed by atoms with Crippen molar-refractivity contribution in [2.75, 3.05) is 0 Å². The fourth-order valence-corrected chi connectivity index (χ4v) is 2.51. The van der Waals surface area contributed by atoms with Crippen molar-refractivity contribution >= 4 is 11.9 Å². The van der Waals surface area contributed by atoms with Crippen LogP contribution in [0.4, 0.5) is 0 Å². The van der Waals surface area contributed by atoms with Crippen LogP contribution in [-0.2, 0) is 15.0 Å². The molecule has 1 atom stereocenters. The molecule has 0 aliphatic rings. The second kappa shape index (κ2) is 5.65. The Morgan fingerprint density at radius 3 is 2.25 bits per heavy atom. The van der Waals surface area contributed by atoms with Crippen LogP contribution in [0.2, 0.25) is 0 Å². The van der Waals surface area contributed by atoms with Crippen LogP contribution in [0, 0.1) is 19.8 Å². The molecule has 0 amide bonds. The van der Waals surface area contributed by atoms with Crippen LogP contribution < -0.4 is 4.74 Å². The van der Waals surface area contributed by atoms with Crippen molar-refractivity contribution in [2.45, 2.75) is 47.0 Å². The van der Waals surface area contributed by atoms with E-state index in [-0.39, 0.29) is 0 Å². The Morgan fingerprint density at radius 2 is 1.80 bits per heavy atom. The summed E-state index contributed by atoms with van der Waals surface area (Å²) in [6.07, 6.45) is 0. The van der Waals surface area contributed by atoms with Gasteiger partial charge in [0.1, 0.15) is 5.75 Å². The van der Waals surface area contributed by atoms with Crippen LogP contribution in [0.1, 0.15) is 44.4 Å². The highest BCUT2D eigenvalue weighted by Gasteiger charge is 2.36. The molecule has 0 aliphatic carbocycles. The number of benzene rings is 1. The Bertz CT molecular complexity index is 544. The van der Waals surface area contributed by atoms with Gasteiger partial charge in [-0.2, -0.15) is 0 Å². The summed E-state index contributed by atoms with van der Waals surface area (Å²) in [5, 5.41) is 9.29. The van der Waals surface area contributed by atoms with Gasteiger partial charge in [0.05, 0.1) is 5.92 Å². The number of carbonyl (C=O) groups excluding carboxylic acids is 1. The summed E-state index contributed by atoms with van der Waals surface area (Å²) in [5.41, 5.74) is 2.03. The highest BCUT2D eigenvalue weighted by atomic mass is 16.5. The van der Waals surface area contributed by atoms with Crippen LogP contribution >= 0.6 is 0 Å². The number of ether oxygens (including phenoxy) is 1. The molecule has 0 aliphatic heterocycles. The Kier molecular flexibility index (Phi) is 4.58. The average Bonchev–Trinajstić information content (AvgIpc) is 2.25. The van der Waals surface area contributed by atoms with Gasteiger partial charge in [0.25, 0.3) is 0 Å². The van der Waals surface area contributed by atoms with Crippen molar-refractivity contribution in [2.24, 2.45) is 5.92 Å². The van der Waals surface area contributed by atoms with Gasteiger partial charge in [0, 0.05) is 17.9 Å². The van der Waals surface area contributed by atoms with Crippen molar-refractivity contribution in [3.8, 4) is 5.75 Å². The fraction of sp³-hybridized carbons (Fsp3) is 0.500. The normalized spacial score (nSPS) is 12.9. The van der Waals surface area contributed by atoms with Crippen molar-refractivity contribution < 1.29 is 19.4 Å². The molecular formula is C16H22O4. The molecular weight excluding hydrogens is 256 g/mol. The van der Waals surface area contributed by atoms with Gasteiger partial charge >= 0.3 is 11.9 Å². The highest BCUT2D eigenvalue weighted by Crippen LogP contribution is 2.40. The van der Waals surface area contributed by atoms with Gasteiger partial charge in [-0.25, -0.2) is 0 Å². The van der Waals surface area contributed by atoms with Gasteiger partial charge in [-0.1, -0.05) is 26.8 Å². The maximum Gasteiger partial charge on any atom is 0.308 e. The minimum Gasteiger partial charge on any atom is -0.481 e. The summed E-state index contributed by atoms with van der Waals surface area (Å²) in [4.78, 5) is 22.6. The van der Waals surface area contributed by atoms with E-state index in [2.05, 4.69) is 0 Å². The first-order valence-corrected chi connectivity index (χ1v) is 6.60. The number of carbonyl (C=O) groups is 2. The van der Waals surface area contributed by atoms with Crippen LogP contribution in [0.5, 0.6) is 5.75 Å². The van der Waals surface area contributed by atoms with Crippen LogP contribution in [0.15, 0.2) is 12.1 Å². The minimum atomic E-state index is -0.872. The molecule has 0 saturated carbocycles. The Morgan fingerprint density at radius 1 is 1.25 bits per heavy atom. The zero-order valence-electron chi connectivity index (χ0n) is 12.9. The van der Waals surface area contributed by atoms with Gasteiger partial charge in [-0.3, -0.25) is 9.59 Å². The summed E-state index contributed by atoms with van der Waals surface area (Å²) in [6, 6.07) is 3.75. The predicted molar refractivity (Wildman–Crippen MR) is 77.1 cm³/mol. The zero-order chi connectivity index (χ0) is 15.7. The Labute approximate surface area is 119 Å². The minimum absolute atomic E-state index is 0.407. The largest absolute Gasteiger partial charge is 0.481 e. The molecule has 1 rings (SSSR count). The summed E-state index contributed by atoms with van der Waals surface area (Å²) in [5.74, 6) is -1.43. The second-order valence-corrected chi connectivity index (χ2v) is 5.83. The van der Waals surface area contributed by atoms with E-state index in [1.807, 2.05) is 33.8 Å². The van der Waals surface area contributed by atoms with Crippen LogP contribution in [0.3, 0.4) is 0 Å². The lowest BCUT2D eigenvalue weighted by atomic mass is 9.72. The van der Waals surface area contributed by atoms with Crippen molar-refractivity contribution in [3.63, 3.8) is 0 Å². The molecule has 0 aromatic heterocycles. The number of esters is 1. The van der Waals surface area contributed by atoms with Crippen molar-refractivity contribution in [1.29, 1.82) is 0 Å². The topological polar surface area (TPSA) is 63.6 Å². The van der Waals surface area contributed by atoms with Gasteiger partial charge in [-0.15, -0.1) is 0 Å². The molecule has 0 spiro atoms. The molecule has 1 unspecified atom stereocenters. The lowest BCUT2D eigenvalue weighted by Crippen LogP contribution is -2.34. The third-order valence-electron chi connectivity index (χ3n) is 3.79. The lowest BCUT2D eigenvalue weighted by molar-refractivity contribution is -0.143. The van der Waals surface area contributed by atoms with E-state index >= 15 is 0 Å². The first-order chi connectivity index (χ1) is 9.07. The quantitative estimate of drug-likeness (QED) is 0.678. The van der Waals surface area contributed by atoms with Crippen LogP contribution in [-0.4, -0.2) is 17.0 Å². The molecule has 20 heavy (non-hydrogen) atoms. The van der Waals surface area contributed by atoms with Gasteiger partial charge in [0.15, 0.2) is 0 Å². The summed E-state index contributed by atoms with van der Waals surface area (Å²) < 4.78 is 5.29. The van der Waals surface area contributed by atoms with E-state index in [0.29, 0.717) is 5.75 Å². The van der Waals surface area contributed by atoms with E-state index in [4.69, 9.17) is 4.74 Å². The first-order valence-electron chi connectivity index (χ1n) is 6.60. The lowest BCUT2D eigenvalue weighted by Gasteiger charge is -2.32. The zero-order valence-corrected chi connectivity index (χ0v) is 12.9. The number of hydrogen-bond acceptors (Lipinski definition) is 3. The number of aliphatic carboxylic acids is 1. The van der Waals surface area contributed by atoms with Crippen LogP contribution in [0.25, 0.3) is 0 Å². The first kappa shape index (κ1) is 16.2.